The lowest BCUT2D eigenvalue weighted by molar-refractivity contribution is 0.398. The zero-order valence-electron chi connectivity index (χ0n) is 9.58. The number of hydrogen-bond acceptors (Lipinski definition) is 4. The highest BCUT2D eigenvalue weighted by molar-refractivity contribution is 5.49. The molecule has 0 spiro atoms. The Morgan fingerprint density at radius 1 is 1.53 bits per heavy atom. The smallest absolute Gasteiger partial charge is 0.168 e. The van der Waals surface area contributed by atoms with E-state index in [1.807, 2.05) is 12.1 Å². The van der Waals surface area contributed by atoms with E-state index in [0.717, 1.165) is 18.1 Å². The minimum atomic E-state index is 0.0581. The molecule has 1 rings (SSSR count). The minimum Gasteiger partial charge on any atom is -0.493 e. The summed E-state index contributed by atoms with van der Waals surface area (Å²) in [6.07, 6.45) is 1.74. The summed E-state index contributed by atoms with van der Waals surface area (Å²) in [5, 5.41) is 3.24. The number of ether oxygens (including phenoxy) is 1. The van der Waals surface area contributed by atoms with Crippen LogP contribution in [0.1, 0.15) is 13.8 Å². The van der Waals surface area contributed by atoms with Crippen molar-refractivity contribution in [3.8, 4) is 5.75 Å². The van der Waals surface area contributed by atoms with Crippen molar-refractivity contribution in [2.45, 2.75) is 13.8 Å². The quantitative estimate of drug-likeness (QED) is 0.771. The van der Waals surface area contributed by atoms with Crippen molar-refractivity contribution in [1.82, 2.24) is 4.98 Å². The first kappa shape index (κ1) is 11.8. The molecule has 1 aromatic heterocycles. The molecule has 0 aliphatic heterocycles. The minimum absolute atomic E-state index is 0.0581. The van der Waals surface area contributed by atoms with E-state index in [-0.39, 0.29) is 5.41 Å². The number of aromatic nitrogens is 1. The highest BCUT2D eigenvalue weighted by Gasteiger charge is 2.16. The van der Waals surface area contributed by atoms with E-state index in [2.05, 4.69) is 24.1 Å². The molecule has 0 amide bonds. The van der Waals surface area contributed by atoms with Gasteiger partial charge in [0.05, 0.1) is 7.11 Å². The molecule has 0 bridgehead atoms. The summed E-state index contributed by atoms with van der Waals surface area (Å²) in [6, 6.07) is 3.73. The molecule has 0 aliphatic rings. The highest BCUT2D eigenvalue weighted by atomic mass is 16.5. The Morgan fingerprint density at radius 2 is 2.27 bits per heavy atom. The van der Waals surface area contributed by atoms with Crippen molar-refractivity contribution < 1.29 is 4.74 Å². The van der Waals surface area contributed by atoms with Crippen LogP contribution in [0.5, 0.6) is 5.75 Å². The number of anilines is 1. The van der Waals surface area contributed by atoms with Crippen LogP contribution < -0.4 is 15.8 Å². The lowest BCUT2D eigenvalue weighted by Crippen LogP contribution is -2.31. The maximum absolute atomic E-state index is 5.65. The Balaban J connectivity index is 2.65. The predicted molar refractivity (Wildman–Crippen MR) is 62.1 cm³/mol. The number of hydrogen-bond donors (Lipinski definition) is 2. The first-order valence-corrected chi connectivity index (χ1v) is 5.02. The number of nitrogens with zero attached hydrogens (tertiary/aromatic N) is 1. The van der Waals surface area contributed by atoms with Gasteiger partial charge >= 0.3 is 0 Å². The average Bonchev–Trinajstić information content (AvgIpc) is 2.27. The summed E-state index contributed by atoms with van der Waals surface area (Å²) < 4.78 is 5.19. The fraction of sp³-hybridized carbons (Fsp3) is 0.545. The fourth-order valence-corrected chi connectivity index (χ4v) is 1.08. The molecule has 1 aromatic rings. The van der Waals surface area contributed by atoms with Crippen molar-refractivity contribution in [2.75, 3.05) is 25.5 Å². The van der Waals surface area contributed by atoms with Crippen LogP contribution in [0.2, 0.25) is 0 Å². The van der Waals surface area contributed by atoms with Crippen LogP contribution in [0.3, 0.4) is 0 Å². The van der Waals surface area contributed by atoms with Gasteiger partial charge < -0.3 is 15.8 Å². The van der Waals surface area contributed by atoms with Crippen molar-refractivity contribution in [1.29, 1.82) is 0 Å². The Hall–Kier alpha value is -1.29. The Kier molecular flexibility index (Phi) is 3.91. The van der Waals surface area contributed by atoms with Crippen molar-refractivity contribution in [3.05, 3.63) is 18.3 Å². The largest absolute Gasteiger partial charge is 0.493 e. The lowest BCUT2D eigenvalue weighted by Gasteiger charge is -2.23. The predicted octanol–water partition coefficient (Wildman–Crippen LogP) is 1.49. The van der Waals surface area contributed by atoms with E-state index in [1.54, 1.807) is 13.3 Å². The molecule has 0 saturated carbocycles. The van der Waals surface area contributed by atoms with Gasteiger partial charge in [0.2, 0.25) is 0 Å². The van der Waals surface area contributed by atoms with Gasteiger partial charge in [-0.25, -0.2) is 4.98 Å². The normalized spacial score (nSPS) is 11.2. The Bertz CT molecular complexity index is 312. The van der Waals surface area contributed by atoms with Crippen LogP contribution in [0.4, 0.5) is 5.82 Å². The van der Waals surface area contributed by atoms with Crippen LogP contribution in [0.15, 0.2) is 18.3 Å². The van der Waals surface area contributed by atoms with Crippen LogP contribution in [-0.4, -0.2) is 25.2 Å². The maximum Gasteiger partial charge on any atom is 0.168 e. The van der Waals surface area contributed by atoms with Gasteiger partial charge in [-0.1, -0.05) is 13.8 Å². The molecule has 0 aliphatic carbocycles. The van der Waals surface area contributed by atoms with Gasteiger partial charge in [0.15, 0.2) is 11.6 Å². The lowest BCUT2D eigenvalue weighted by atomic mass is 9.94. The van der Waals surface area contributed by atoms with Gasteiger partial charge in [-0.05, 0) is 24.1 Å². The second-order valence-corrected chi connectivity index (χ2v) is 4.28. The van der Waals surface area contributed by atoms with E-state index in [4.69, 9.17) is 10.5 Å². The second kappa shape index (κ2) is 4.98. The summed E-state index contributed by atoms with van der Waals surface area (Å²) in [6.45, 7) is 5.62. The van der Waals surface area contributed by atoms with Gasteiger partial charge in [-0.3, -0.25) is 0 Å². The van der Waals surface area contributed by atoms with E-state index in [1.165, 1.54) is 0 Å². The SMILES string of the molecule is COc1cccnc1NCC(C)(C)CN. The van der Waals surface area contributed by atoms with E-state index in [9.17, 15) is 0 Å². The molecule has 4 heteroatoms. The molecule has 84 valence electrons. The molecule has 3 N–H and O–H groups in total. The molecule has 0 saturated heterocycles. The molecule has 0 radical (unpaired) electrons. The topological polar surface area (TPSA) is 60.2 Å². The molecule has 1 heterocycles. The van der Waals surface area contributed by atoms with Gasteiger partial charge in [-0.15, -0.1) is 0 Å². The van der Waals surface area contributed by atoms with Gasteiger partial charge in [-0.2, -0.15) is 0 Å². The maximum atomic E-state index is 5.65. The van der Waals surface area contributed by atoms with Gasteiger partial charge in [0.1, 0.15) is 0 Å². The number of pyridine rings is 1. The first-order chi connectivity index (χ1) is 7.09. The van der Waals surface area contributed by atoms with E-state index < -0.39 is 0 Å². The van der Waals surface area contributed by atoms with E-state index in [0.29, 0.717) is 6.54 Å². The first-order valence-electron chi connectivity index (χ1n) is 5.02. The third kappa shape index (κ3) is 3.40. The number of nitrogens with two attached hydrogens (primary N) is 1. The van der Waals surface area contributed by atoms with Crippen LogP contribution in [0, 0.1) is 5.41 Å². The molecular weight excluding hydrogens is 190 g/mol. The van der Waals surface area contributed by atoms with Crippen LogP contribution in [0.25, 0.3) is 0 Å². The number of rotatable bonds is 5. The summed E-state index contributed by atoms with van der Waals surface area (Å²) in [7, 11) is 1.64. The molecule has 0 unspecified atom stereocenters. The Morgan fingerprint density at radius 3 is 2.87 bits per heavy atom. The highest BCUT2D eigenvalue weighted by Crippen LogP contribution is 2.22. The summed E-state index contributed by atoms with van der Waals surface area (Å²) in [5.74, 6) is 1.52. The van der Waals surface area contributed by atoms with Gasteiger partial charge in [0, 0.05) is 12.7 Å². The van der Waals surface area contributed by atoms with Crippen molar-refractivity contribution in [3.63, 3.8) is 0 Å². The number of methoxy groups -OCH3 is 1. The molecular formula is C11H19N3O. The monoisotopic (exact) mass is 209 g/mol. The molecule has 0 aromatic carbocycles. The average molecular weight is 209 g/mol. The fourth-order valence-electron chi connectivity index (χ4n) is 1.08. The van der Waals surface area contributed by atoms with E-state index >= 15 is 0 Å². The zero-order valence-corrected chi connectivity index (χ0v) is 9.58. The Labute approximate surface area is 90.8 Å². The summed E-state index contributed by atoms with van der Waals surface area (Å²) in [4.78, 5) is 4.21. The molecule has 4 nitrogen and oxygen atoms in total. The zero-order chi connectivity index (χ0) is 11.3. The standard InChI is InChI=1S/C11H19N3O/c1-11(2,7-12)8-14-10-9(15-3)5-4-6-13-10/h4-6H,7-8,12H2,1-3H3,(H,13,14). The number of nitrogens with one attached hydrogen (secondary N) is 1. The third-order valence-electron chi connectivity index (χ3n) is 2.28. The summed E-state index contributed by atoms with van der Waals surface area (Å²) in [5.41, 5.74) is 5.71. The summed E-state index contributed by atoms with van der Waals surface area (Å²) >= 11 is 0. The van der Waals surface area contributed by atoms with Crippen molar-refractivity contribution in [2.24, 2.45) is 11.1 Å². The van der Waals surface area contributed by atoms with Crippen molar-refractivity contribution >= 4 is 5.82 Å². The molecule has 15 heavy (non-hydrogen) atoms. The van der Waals surface area contributed by atoms with Crippen LogP contribution >= 0.6 is 0 Å². The van der Waals surface area contributed by atoms with Gasteiger partial charge in [0.25, 0.3) is 0 Å². The molecule has 0 atom stereocenters. The second-order valence-electron chi connectivity index (χ2n) is 4.28. The molecule has 0 fully saturated rings. The third-order valence-corrected chi connectivity index (χ3v) is 2.28. The van der Waals surface area contributed by atoms with Crippen LogP contribution in [-0.2, 0) is 0 Å².